The molecule has 1 heterocycles. The van der Waals surface area contributed by atoms with E-state index in [0.29, 0.717) is 0 Å². The average Bonchev–Trinajstić information content (AvgIpc) is 2.63. The van der Waals surface area contributed by atoms with Gasteiger partial charge in [-0.25, -0.2) is 0 Å². The molecule has 1 saturated heterocycles. The molecule has 0 bridgehead atoms. The van der Waals surface area contributed by atoms with Gasteiger partial charge in [-0.2, -0.15) is 0 Å². The molecule has 0 radical (unpaired) electrons. The summed E-state index contributed by atoms with van der Waals surface area (Å²) < 4.78 is 0. The third-order valence-electron chi connectivity index (χ3n) is 4.34. The second-order valence-electron chi connectivity index (χ2n) is 5.87. The molecule has 23 heavy (non-hydrogen) atoms. The molecular formula is C19H21N3O. The van der Waals surface area contributed by atoms with Crippen LogP contribution in [0.2, 0.25) is 0 Å². The van der Waals surface area contributed by atoms with Gasteiger partial charge in [0.2, 0.25) is 0 Å². The summed E-state index contributed by atoms with van der Waals surface area (Å²) in [4.78, 5) is 15.0. The van der Waals surface area contributed by atoms with Crippen molar-refractivity contribution in [1.29, 1.82) is 0 Å². The highest BCUT2D eigenvalue weighted by molar-refractivity contribution is 6.00. The fourth-order valence-electron chi connectivity index (χ4n) is 3.02. The zero-order valence-corrected chi connectivity index (χ0v) is 13.3. The molecular weight excluding hydrogens is 286 g/mol. The van der Waals surface area contributed by atoms with Crippen LogP contribution in [0.15, 0.2) is 65.7 Å². The Kier molecular flexibility index (Phi) is 4.50. The number of rotatable bonds is 4. The maximum atomic E-state index is 13.2. The molecule has 3 rings (SSSR count). The molecule has 1 aromatic rings. The van der Waals surface area contributed by atoms with E-state index in [1.54, 1.807) is 11.0 Å². The van der Waals surface area contributed by atoms with Crippen LogP contribution in [0.4, 0.5) is 5.69 Å². The van der Waals surface area contributed by atoms with E-state index in [-0.39, 0.29) is 5.91 Å². The van der Waals surface area contributed by atoms with E-state index in [0.717, 1.165) is 37.3 Å². The first-order valence-corrected chi connectivity index (χ1v) is 7.92. The van der Waals surface area contributed by atoms with Crippen molar-refractivity contribution in [2.45, 2.75) is 18.4 Å². The Labute approximate surface area is 136 Å². The first-order chi connectivity index (χ1) is 11.2. The van der Waals surface area contributed by atoms with Crippen molar-refractivity contribution in [3.05, 3.63) is 65.7 Å². The molecule has 4 heteroatoms. The first kappa shape index (κ1) is 15.4. The Balaban J connectivity index is 1.89. The standard InChI is InChI=1S/C19H21N3O/c1-22(17-10-6-3-7-11-17)18(23)19(12-14-20-15-13-19)21-16-8-4-2-5-9-16/h2-4,6-8,10-11,20-21H,12-15H2,1H3. The van der Waals surface area contributed by atoms with Gasteiger partial charge in [0, 0.05) is 12.7 Å². The van der Waals surface area contributed by atoms with Crippen molar-refractivity contribution in [2.75, 3.05) is 25.0 Å². The third kappa shape index (κ3) is 3.30. The summed E-state index contributed by atoms with van der Waals surface area (Å²) in [6.45, 7) is 1.63. The van der Waals surface area contributed by atoms with Crippen LogP contribution in [-0.2, 0) is 4.79 Å². The minimum absolute atomic E-state index is 0.0856. The fourth-order valence-corrected chi connectivity index (χ4v) is 3.02. The van der Waals surface area contributed by atoms with Gasteiger partial charge in [0.25, 0.3) is 5.91 Å². The zero-order chi connectivity index (χ0) is 16.1. The number of likely N-dealkylation sites (N-methyl/N-ethyl adjacent to an activating group) is 1. The fraction of sp³-hybridized carbons (Fsp3) is 0.316. The quantitative estimate of drug-likeness (QED) is 0.838. The normalized spacial score (nSPS) is 18.4. The number of benzene rings is 1. The number of nitrogens with one attached hydrogen (secondary N) is 2. The van der Waals surface area contributed by atoms with Gasteiger partial charge in [0.15, 0.2) is 0 Å². The second kappa shape index (κ2) is 6.72. The number of nitrogens with zero attached hydrogens (tertiary/aromatic N) is 1. The van der Waals surface area contributed by atoms with Crippen molar-refractivity contribution in [3.63, 3.8) is 0 Å². The van der Waals surface area contributed by atoms with Crippen molar-refractivity contribution >= 4 is 11.6 Å². The molecule has 1 aliphatic carbocycles. The van der Waals surface area contributed by atoms with E-state index < -0.39 is 5.54 Å². The van der Waals surface area contributed by atoms with Gasteiger partial charge < -0.3 is 15.5 Å². The summed E-state index contributed by atoms with van der Waals surface area (Å²) in [5.74, 6) is 0.0856. The van der Waals surface area contributed by atoms with Crippen LogP contribution in [0.1, 0.15) is 12.8 Å². The van der Waals surface area contributed by atoms with E-state index >= 15 is 0 Å². The molecule has 1 amide bonds. The first-order valence-electron chi connectivity index (χ1n) is 7.92. The maximum Gasteiger partial charge on any atom is 0.252 e. The van der Waals surface area contributed by atoms with Crippen LogP contribution in [-0.4, -0.2) is 31.6 Å². The molecule has 0 unspecified atom stereocenters. The highest BCUT2D eigenvalue weighted by Gasteiger charge is 2.42. The molecule has 1 aromatic carbocycles. The second-order valence-corrected chi connectivity index (χ2v) is 5.87. The number of anilines is 1. The smallest absolute Gasteiger partial charge is 0.252 e. The molecule has 0 atom stereocenters. The van der Waals surface area contributed by atoms with Crippen molar-refractivity contribution in [1.82, 2.24) is 10.6 Å². The zero-order valence-electron chi connectivity index (χ0n) is 13.3. The van der Waals surface area contributed by atoms with Gasteiger partial charge in [-0.05, 0) is 55.9 Å². The van der Waals surface area contributed by atoms with Crippen LogP contribution in [0.25, 0.3) is 0 Å². The number of amides is 1. The summed E-state index contributed by atoms with van der Waals surface area (Å²) in [6.07, 6.45) is 7.12. The predicted molar refractivity (Wildman–Crippen MR) is 92.1 cm³/mol. The average molecular weight is 307 g/mol. The Morgan fingerprint density at radius 2 is 2.00 bits per heavy atom. The molecule has 2 aliphatic rings. The number of carbonyl (C=O) groups excluding carboxylic acids is 1. The summed E-state index contributed by atoms with van der Waals surface area (Å²) in [6, 6.07) is 9.75. The van der Waals surface area contributed by atoms with E-state index in [1.165, 1.54) is 0 Å². The Morgan fingerprint density at radius 3 is 2.65 bits per heavy atom. The largest absolute Gasteiger partial charge is 0.364 e. The van der Waals surface area contributed by atoms with E-state index in [1.807, 2.05) is 49.5 Å². The van der Waals surface area contributed by atoms with Crippen LogP contribution in [0.5, 0.6) is 0 Å². The van der Waals surface area contributed by atoms with Gasteiger partial charge in [0.05, 0.1) is 5.70 Å². The molecule has 118 valence electrons. The molecule has 1 fully saturated rings. The van der Waals surface area contributed by atoms with E-state index in [9.17, 15) is 4.79 Å². The number of hydrogen-bond donors (Lipinski definition) is 2. The number of para-hydroxylation sites is 1. The number of carbonyl (C=O) groups is 1. The highest BCUT2D eigenvalue weighted by Crippen LogP contribution is 2.25. The summed E-state index contributed by atoms with van der Waals surface area (Å²) in [7, 11) is 1.84. The molecule has 2 N–H and O–H groups in total. The summed E-state index contributed by atoms with van der Waals surface area (Å²) in [5, 5.41) is 6.76. The van der Waals surface area contributed by atoms with Gasteiger partial charge in [-0.1, -0.05) is 30.0 Å². The van der Waals surface area contributed by atoms with Gasteiger partial charge in [-0.15, -0.1) is 0 Å². The van der Waals surface area contributed by atoms with Crippen molar-refractivity contribution in [3.8, 4) is 0 Å². The van der Waals surface area contributed by atoms with Gasteiger partial charge >= 0.3 is 0 Å². The molecule has 1 aliphatic heterocycles. The Bertz CT molecular complexity index is 701. The minimum atomic E-state index is -0.610. The van der Waals surface area contributed by atoms with E-state index in [4.69, 9.17) is 0 Å². The topological polar surface area (TPSA) is 44.4 Å². The SMILES string of the molecule is CN(C(=O)C1(NC2=C=C=CC=C2)CCNCC1)c1ccccc1. The van der Waals surface area contributed by atoms with Crippen LogP contribution >= 0.6 is 0 Å². The van der Waals surface area contributed by atoms with Crippen LogP contribution < -0.4 is 15.5 Å². The molecule has 0 aromatic heterocycles. The summed E-state index contributed by atoms with van der Waals surface area (Å²) in [5.41, 5.74) is 7.09. The van der Waals surface area contributed by atoms with Gasteiger partial charge in [0.1, 0.15) is 5.54 Å². The van der Waals surface area contributed by atoms with Crippen LogP contribution in [0, 0.1) is 0 Å². The lowest BCUT2D eigenvalue weighted by molar-refractivity contribution is -0.125. The molecule has 0 saturated carbocycles. The number of hydrogen-bond acceptors (Lipinski definition) is 3. The minimum Gasteiger partial charge on any atom is -0.364 e. The predicted octanol–water partition coefficient (Wildman–Crippen LogP) is 2.13. The molecule has 0 spiro atoms. The Hall–Kier alpha value is -2.51. The summed E-state index contributed by atoms with van der Waals surface area (Å²) >= 11 is 0. The highest BCUT2D eigenvalue weighted by atomic mass is 16.2. The van der Waals surface area contributed by atoms with Gasteiger partial charge in [-0.3, -0.25) is 4.79 Å². The number of allylic oxidation sites excluding steroid dienone is 3. The molecule has 4 nitrogen and oxygen atoms in total. The van der Waals surface area contributed by atoms with Crippen LogP contribution in [0.3, 0.4) is 0 Å². The van der Waals surface area contributed by atoms with Crippen molar-refractivity contribution < 1.29 is 4.79 Å². The Morgan fingerprint density at radius 1 is 1.26 bits per heavy atom. The lowest BCUT2D eigenvalue weighted by Gasteiger charge is -2.40. The maximum absolute atomic E-state index is 13.2. The third-order valence-corrected chi connectivity index (χ3v) is 4.34. The lowest BCUT2D eigenvalue weighted by atomic mass is 9.86. The monoisotopic (exact) mass is 307 g/mol. The lowest BCUT2D eigenvalue weighted by Crippen LogP contribution is -2.61. The number of piperidine rings is 1. The van der Waals surface area contributed by atoms with E-state index in [2.05, 4.69) is 22.1 Å². The van der Waals surface area contributed by atoms with Crippen molar-refractivity contribution in [2.24, 2.45) is 0 Å².